The number of fused-ring (bicyclic) bond motifs is 1. The maximum atomic E-state index is 13.1. The summed E-state index contributed by atoms with van der Waals surface area (Å²) in [6.45, 7) is 9.61. The first-order valence-electron chi connectivity index (χ1n) is 19.9. The highest BCUT2D eigenvalue weighted by atomic mass is 16.5. The number of piperidine rings is 1. The Morgan fingerprint density at radius 2 is 1.51 bits per heavy atom. The van der Waals surface area contributed by atoms with Gasteiger partial charge in [-0.15, -0.1) is 0 Å². The number of amides is 3. The van der Waals surface area contributed by atoms with E-state index in [9.17, 15) is 19.5 Å². The minimum Gasteiger partial charge on any atom is -0.508 e. The van der Waals surface area contributed by atoms with Gasteiger partial charge in [-0.2, -0.15) is 0 Å². The number of imide groups is 1. The van der Waals surface area contributed by atoms with Gasteiger partial charge in [-0.3, -0.25) is 19.7 Å². The topological polar surface area (TPSA) is 102 Å². The molecule has 4 aromatic rings. The Morgan fingerprint density at radius 3 is 2.22 bits per heavy atom. The summed E-state index contributed by atoms with van der Waals surface area (Å²) in [6.07, 6.45) is 5.67. The lowest BCUT2D eigenvalue weighted by molar-refractivity contribution is -0.136. The zero-order chi connectivity index (χ0) is 38.1. The van der Waals surface area contributed by atoms with Crippen LogP contribution in [0.5, 0.6) is 11.5 Å². The largest absolute Gasteiger partial charge is 0.508 e. The molecule has 0 saturated carbocycles. The zero-order valence-corrected chi connectivity index (χ0v) is 31.8. The van der Waals surface area contributed by atoms with Crippen LogP contribution in [0.3, 0.4) is 0 Å². The second-order valence-electron chi connectivity index (χ2n) is 14.9. The van der Waals surface area contributed by atoms with Crippen molar-refractivity contribution in [1.82, 2.24) is 20.0 Å². The molecule has 2 N–H and O–H groups in total. The molecule has 4 aromatic carbocycles. The molecule has 0 aromatic heterocycles. The third kappa shape index (κ3) is 9.35. The molecule has 2 saturated heterocycles. The van der Waals surface area contributed by atoms with Crippen LogP contribution in [0.4, 0.5) is 0 Å². The van der Waals surface area contributed by atoms with E-state index in [1.165, 1.54) is 16.7 Å². The normalized spacial score (nSPS) is 18.5. The highest BCUT2D eigenvalue weighted by molar-refractivity contribution is 6.05. The van der Waals surface area contributed by atoms with Crippen molar-refractivity contribution in [3.8, 4) is 11.5 Å². The lowest BCUT2D eigenvalue weighted by atomic mass is 9.88. The van der Waals surface area contributed by atoms with Crippen LogP contribution >= 0.6 is 0 Å². The number of carbonyl (C=O) groups is 3. The molecule has 1 atom stereocenters. The van der Waals surface area contributed by atoms with Gasteiger partial charge >= 0.3 is 0 Å². The van der Waals surface area contributed by atoms with Crippen LogP contribution in [0.25, 0.3) is 11.1 Å². The standard InChI is InChI=1S/C46H52N4O5/c1-2-40(34-9-4-3-5-10-34)44(35-12-16-38(51)17-13-35)36-14-18-39(19-15-36)55-30-7-6-24-48-25-8-26-49(29-28-48)27-23-33-11-20-41-37(31-33)32-50(46(41)54)42-21-22-43(52)47-45(42)53/h3-5,9-20,31,42,51H,2,6-8,21-30,32H2,1H3,(H,47,52,53)/b44-40-. The van der Waals surface area contributed by atoms with Crippen molar-refractivity contribution in [3.63, 3.8) is 0 Å². The average molecular weight is 741 g/mol. The molecule has 1 unspecified atom stereocenters. The third-order valence-electron chi connectivity index (χ3n) is 11.2. The van der Waals surface area contributed by atoms with Gasteiger partial charge in [-0.05, 0) is 127 Å². The van der Waals surface area contributed by atoms with E-state index in [2.05, 4.69) is 76.6 Å². The van der Waals surface area contributed by atoms with E-state index < -0.39 is 6.04 Å². The summed E-state index contributed by atoms with van der Waals surface area (Å²) < 4.78 is 6.19. The van der Waals surface area contributed by atoms with E-state index in [-0.39, 0.29) is 29.9 Å². The summed E-state index contributed by atoms with van der Waals surface area (Å²) in [7, 11) is 0. The number of benzene rings is 4. The fraction of sp³-hybridized carbons (Fsp3) is 0.370. The van der Waals surface area contributed by atoms with Gasteiger partial charge in [0.2, 0.25) is 11.8 Å². The second-order valence-corrected chi connectivity index (χ2v) is 14.9. The molecular formula is C46H52N4O5. The molecule has 0 bridgehead atoms. The molecule has 3 aliphatic heterocycles. The number of phenolic OH excluding ortho intramolecular Hbond substituents is 1. The molecule has 3 heterocycles. The number of hydrogen-bond acceptors (Lipinski definition) is 7. The van der Waals surface area contributed by atoms with Gasteiger partial charge in [0.1, 0.15) is 17.5 Å². The monoisotopic (exact) mass is 740 g/mol. The third-order valence-corrected chi connectivity index (χ3v) is 11.2. The van der Waals surface area contributed by atoms with E-state index in [1.807, 2.05) is 30.3 Å². The van der Waals surface area contributed by atoms with Gasteiger partial charge < -0.3 is 24.5 Å². The predicted octanol–water partition coefficient (Wildman–Crippen LogP) is 6.93. The quantitative estimate of drug-likeness (QED) is 0.0822. The van der Waals surface area contributed by atoms with E-state index in [4.69, 9.17) is 4.74 Å². The Labute approximate surface area is 324 Å². The molecule has 7 rings (SSSR count). The minimum absolute atomic E-state index is 0.122. The summed E-state index contributed by atoms with van der Waals surface area (Å²) >= 11 is 0. The lowest BCUT2D eigenvalue weighted by Gasteiger charge is -2.29. The van der Waals surface area contributed by atoms with Crippen molar-refractivity contribution in [2.45, 2.75) is 64.5 Å². The molecule has 0 spiro atoms. The summed E-state index contributed by atoms with van der Waals surface area (Å²) in [5.41, 5.74) is 8.66. The summed E-state index contributed by atoms with van der Waals surface area (Å²) in [4.78, 5) is 43.8. The first kappa shape index (κ1) is 38.0. The lowest BCUT2D eigenvalue weighted by Crippen LogP contribution is -2.52. The molecule has 2 fully saturated rings. The number of hydrogen-bond donors (Lipinski definition) is 2. The summed E-state index contributed by atoms with van der Waals surface area (Å²) in [6, 6.07) is 31.9. The molecule has 9 nitrogen and oxygen atoms in total. The Morgan fingerprint density at radius 1 is 0.800 bits per heavy atom. The molecule has 286 valence electrons. The number of nitrogens with one attached hydrogen (secondary N) is 1. The number of carbonyl (C=O) groups excluding carboxylic acids is 3. The number of allylic oxidation sites excluding steroid dienone is 1. The van der Waals surface area contributed by atoms with Crippen molar-refractivity contribution >= 4 is 28.9 Å². The average Bonchev–Trinajstić information content (AvgIpc) is 3.35. The van der Waals surface area contributed by atoms with Crippen LogP contribution in [-0.4, -0.2) is 89.4 Å². The Balaban J connectivity index is 0.847. The number of rotatable bonds is 14. The van der Waals surface area contributed by atoms with Crippen LogP contribution in [0.2, 0.25) is 0 Å². The van der Waals surface area contributed by atoms with Crippen molar-refractivity contribution in [2.75, 3.05) is 45.9 Å². The van der Waals surface area contributed by atoms with Gasteiger partial charge in [0.25, 0.3) is 5.91 Å². The van der Waals surface area contributed by atoms with Crippen molar-refractivity contribution in [3.05, 3.63) is 130 Å². The number of ether oxygens (including phenoxy) is 1. The van der Waals surface area contributed by atoms with Gasteiger partial charge in [-0.1, -0.05) is 73.7 Å². The zero-order valence-electron chi connectivity index (χ0n) is 31.8. The minimum atomic E-state index is -0.582. The van der Waals surface area contributed by atoms with Crippen LogP contribution in [0.15, 0.2) is 97.1 Å². The van der Waals surface area contributed by atoms with E-state index >= 15 is 0 Å². The molecule has 0 radical (unpaired) electrons. The van der Waals surface area contributed by atoms with Crippen LogP contribution in [0.1, 0.15) is 83.6 Å². The fourth-order valence-electron chi connectivity index (χ4n) is 8.20. The van der Waals surface area contributed by atoms with Crippen LogP contribution < -0.4 is 10.1 Å². The molecule has 55 heavy (non-hydrogen) atoms. The van der Waals surface area contributed by atoms with Crippen molar-refractivity contribution in [1.29, 1.82) is 0 Å². The summed E-state index contributed by atoms with van der Waals surface area (Å²) in [5.74, 6) is 0.369. The number of phenols is 1. The summed E-state index contributed by atoms with van der Waals surface area (Å²) in [5, 5.41) is 12.3. The molecule has 0 aliphatic carbocycles. The van der Waals surface area contributed by atoms with Gasteiger partial charge in [0.05, 0.1) is 6.61 Å². The number of unbranched alkanes of at least 4 members (excludes halogenated alkanes) is 1. The first-order valence-corrected chi connectivity index (χ1v) is 19.9. The van der Waals surface area contributed by atoms with Crippen LogP contribution in [-0.2, 0) is 22.6 Å². The predicted molar refractivity (Wildman–Crippen MR) is 216 cm³/mol. The van der Waals surface area contributed by atoms with Gasteiger partial charge in [-0.25, -0.2) is 0 Å². The molecule has 3 amide bonds. The highest BCUT2D eigenvalue weighted by Crippen LogP contribution is 2.36. The Kier molecular flexibility index (Phi) is 12.4. The first-order chi connectivity index (χ1) is 26.9. The van der Waals surface area contributed by atoms with E-state index in [0.717, 1.165) is 99.4 Å². The number of nitrogens with zero attached hydrogens (tertiary/aromatic N) is 3. The smallest absolute Gasteiger partial charge is 0.255 e. The van der Waals surface area contributed by atoms with Gasteiger partial charge in [0.15, 0.2) is 0 Å². The molecule has 3 aliphatic rings. The molecular weight excluding hydrogens is 689 g/mol. The molecule has 9 heteroatoms. The Bertz CT molecular complexity index is 1990. The maximum Gasteiger partial charge on any atom is 0.255 e. The Hall–Kier alpha value is -5.25. The fourth-order valence-corrected chi connectivity index (χ4v) is 8.20. The van der Waals surface area contributed by atoms with Crippen molar-refractivity contribution in [2.24, 2.45) is 0 Å². The van der Waals surface area contributed by atoms with Crippen LogP contribution in [0, 0.1) is 0 Å². The van der Waals surface area contributed by atoms with Gasteiger partial charge in [0, 0.05) is 38.2 Å². The van der Waals surface area contributed by atoms with Crippen molar-refractivity contribution < 1.29 is 24.2 Å². The maximum absolute atomic E-state index is 13.1. The number of aromatic hydroxyl groups is 1. The second kappa shape index (κ2) is 17.9. The van der Waals surface area contributed by atoms with E-state index in [0.29, 0.717) is 25.1 Å². The SMILES string of the molecule is CC/C(=C(\c1ccc(O)cc1)c1ccc(OCCCCN2CCCN(CCc3ccc4c(c3)CN(C3CCC(=O)NC3=O)C4=O)CC2)cc1)c1ccccc1. The van der Waals surface area contributed by atoms with E-state index in [1.54, 1.807) is 17.0 Å². The highest BCUT2D eigenvalue weighted by Gasteiger charge is 2.39.